The van der Waals surface area contributed by atoms with Gasteiger partial charge in [0, 0.05) is 11.5 Å². The Morgan fingerprint density at radius 2 is 2.21 bits per heavy atom. The van der Waals surface area contributed by atoms with Crippen molar-refractivity contribution in [3.63, 3.8) is 0 Å². The van der Waals surface area contributed by atoms with E-state index in [1.54, 1.807) is 0 Å². The highest BCUT2D eigenvalue weighted by atomic mass is 16.5. The Balaban J connectivity index is 1.95. The Labute approximate surface area is 108 Å². The molecule has 0 atom stereocenters. The van der Waals surface area contributed by atoms with Crippen LogP contribution in [0.4, 0.5) is 5.82 Å². The van der Waals surface area contributed by atoms with Crippen molar-refractivity contribution in [1.82, 2.24) is 25.3 Å². The highest BCUT2D eigenvalue weighted by Crippen LogP contribution is 2.44. The minimum atomic E-state index is 0.393. The van der Waals surface area contributed by atoms with Crippen LogP contribution >= 0.6 is 0 Å². The van der Waals surface area contributed by atoms with E-state index in [-0.39, 0.29) is 0 Å². The summed E-state index contributed by atoms with van der Waals surface area (Å²) in [6, 6.07) is 0. The molecule has 19 heavy (non-hydrogen) atoms. The van der Waals surface area contributed by atoms with Gasteiger partial charge in [0.2, 0.25) is 0 Å². The highest BCUT2D eigenvalue weighted by molar-refractivity contribution is 5.97. The summed E-state index contributed by atoms with van der Waals surface area (Å²) in [5.41, 5.74) is 8.94. The van der Waals surface area contributed by atoms with Gasteiger partial charge in [-0.25, -0.2) is 9.97 Å². The molecule has 0 aromatic carbocycles. The Morgan fingerprint density at radius 3 is 3.00 bits per heavy atom. The van der Waals surface area contributed by atoms with Gasteiger partial charge >= 0.3 is 0 Å². The molecule has 0 spiro atoms. The van der Waals surface area contributed by atoms with Gasteiger partial charge in [0.25, 0.3) is 0 Å². The summed E-state index contributed by atoms with van der Waals surface area (Å²) in [5.74, 6) is 1.88. The second kappa shape index (κ2) is 3.53. The molecule has 1 aliphatic rings. The lowest BCUT2D eigenvalue weighted by Gasteiger charge is -1.97. The smallest absolute Gasteiger partial charge is 0.186 e. The summed E-state index contributed by atoms with van der Waals surface area (Å²) >= 11 is 0. The Hall–Kier alpha value is -2.44. The zero-order valence-electron chi connectivity index (χ0n) is 10.3. The summed E-state index contributed by atoms with van der Waals surface area (Å²) in [6.07, 6.45) is 3.74. The third-order valence-electron chi connectivity index (χ3n) is 3.53. The molecule has 7 nitrogen and oxygen atoms in total. The lowest BCUT2D eigenvalue weighted by atomic mass is 10.1. The van der Waals surface area contributed by atoms with Crippen LogP contribution in [0.15, 0.2) is 10.9 Å². The maximum atomic E-state index is 5.90. The zero-order chi connectivity index (χ0) is 13.0. The Morgan fingerprint density at radius 1 is 1.37 bits per heavy atom. The Kier molecular flexibility index (Phi) is 1.95. The van der Waals surface area contributed by atoms with Crippen LogP contribution in [0.3, 0.4) is 0 Å². The molecule has 96 valence electrons. The number of H-pyrrole nitrogens is 1. The molecule has 3 aromatic rings. The number of aromatic amines is 1. The quantitative estimate of drug-likeness (QED) is 0.723. The topological polar surface area (TPSA) is 107 Å². The highest BCUT2D eigenvalue weighted by Gasteiger charge is 2.31. The van der Waals surface area contributed by atoms with E-state index in [1.165, 1.54) is 19.2 Å². The summed E-state index contributed by atoms with van der Waals surface area (Å²) in [6.45, 7) is 2.01. The van der Waals surface area contributed by atoms with Gasteiger partial charge in [-0.15, -0.1) is 0 Å². The normalized spacial score (nSPS) is 15.2. The van der Waals surface area contributed by atoms with E-state index in [4.69, 9.17) is 10.3 Å². The molecule has 4 rings (SSSR count). The molecule has 0 aliphatic heterocycles. The van der Waals surface area contributed by atoms with Crippen molar-refractivity contribution in [3.8, 4) is 11.4 Å². The fraction of sp³-hybridized carbons (Fsp3) is 0.333. The fourth-order valence-electron chi connectivity index (χ4n) is 2.36. The molecule has 3 aromatic heterocycles. The van der Waals surface area contributed by atoms with E-state index in [0.29, 0.717) is 22.8 Å². The number of anilines is 1. The molecule has 3 N–H and O–H groups in total. The second-order valence-electron chi connectivity index (χ2n) is 4.85. The van der Waals surface area contributed by atoms with Crippen molar-refractivity contribution < 1.29 is 4.52 Å². The van der Waals surface area contributed by atoms with Crippen molar-refractivity contribution in [2.75, 3.05) is 5.73 Å². The molecular formula is C12H12N6O. The SMILES string of the molecule is Cc1c(-c2[nH]nc3ncnc(N)c23)noc1C1CC1. The summed E-state index contributed by atoms with van der Waals surface area (Å²) < 4.78 is 5.45. The van der Waals surface area contributed by atoms with Crippen molar-refractivity contribution in [2.45, 2.75) is 25.7 Å². The van der Waals surface area contributed by atoms with Gasteiger partial charge < -0.3 is 10.3 Å². The first-order valence-corrected chi connectivity index (χ1v) is 6.16. The lowest BCUT2D eigenvalue weighted by Crippen LogP contribution is -1.93. The van der Waals surface area contributed by atoms with E-state index >= 15 is 0 Å². The van der Waals surface area contributed by atoms with Crippen molar-refractivity contribution in [2.24, 2.45) is 0 Å². The van der Waals surface area contributed by atoms with Gasteiger partial charge in [-0.2, -0.15) is 5.10 Å². The third-order valence-corrected chi connectivity index (χ3v) is 3.53. The molecule has 0 amide bonds. The predicted molar refractivity (Wildman–Crippen MR) is 68.3 cm³/mol. The zero-order valence-corrected chi connectivity index (χ0v) is 10.3. The minimum Gasteiger partial charge on any atom is -0.383 e. The molecular weight excluding hydrogens is 244 g/mol. The van der Waals surface area contributed by atoms with Gasteiger partial charge in [0.1, 0.15) is 29.3 Å². The van der Waals surface area contributed by atoms with Gasteiger partial charge in [0.15, 0.2) is 5.65 Å². The van der Waals surface area contributed by atoms with Crippen LogP contribution in [0, 0.1) is 6.92 Å². The maximum Gasteiger partial charge on any atom is 0.186 e. The standard InChI is InChI=1S/C12H12N6O/c1-5-8(18-19-10(5)6-2-3-6)9-7-11(13)14-4-15-12(7)17-16-9/h4,6H,2-3H2,1H3,(H3,13,14,15,16,17). The molecule has 7 heteroatoms. The van der Waals surface area contributed by atoms with Gasteiger partial charge in [-0.1, -0.05) is 5.16 Å². The number of hydrogen-bond donors (Lipinski definition) is 2. The number of hydrogen-bond acceptors (Lipinski definition) is 6. The van der Waals surface area contributed by atoms with E-state index in [1.807, 2.05) is 6.92 Å². The predicted octanol–water partition coefficient (Wildman–Crippen LogP) is 1.78. The van der Waals surface area contributed by atoms with Crippen molar-refractivity contribution in [1.29, 1.82) is 0 Å². The lowest BCUT2D eigenvalue weighted by molar-refractivity contribution is 0.385. The first-order valence-electron chi connectivity index (χ1n) is 6.16. The van der Waals surface area contributed by atoms with E-state index in [9.17, 15) is 0 Å². The van der Waals surface area contributed by atoms with Gasteiger partial charge in [0.05, 0.1) is 5.39 Å². The summed E-state index contributed by atoms with van der Waals surface area (Å²) in [4.78, 5) is 8.08. The molecule has 1 fully saturated rings. The maximum absolute atomic E-state index is 5.90. The first kappa shape index (κ1) is 10.5. The monoisotopic (exact) mass is 256 g/mol. The summed E-state index contributed by atoms with van der Waals surface area (Å²) in [5, 5.41) is 11.9. The average molecular weight is 256 g/mol. The van der Waals surface area contributed by atoms with Crippen LogP contribution in [0.25, 0.3) is 22.4 Å². The van der Waals surface area contributed by atoms with E-state index in [0.717, 1.165) is 22.7 Å². The number of fused-ring (bicyclic) bond motifs is 1. The first-order chi connectivity index (χ1) is 9.25. The van der Waals surface area contributed by atoms with Crippen molar-refractivity contribution >= 4 is 16.9 Å². The van der Waals surface area contributed by atoms with Gasteiger partial charge in [-0.05, 0) is 19.8 Å². The number of rotatable bonds is 2. The average Bonchev–Trinajstić information content (AvgIpc) is 3.03. The third kappa shape index (κ3) is 1.44. The Bertz CT molecular complexity index is 770. The molecule has 1 aliphatic carbocycles. The fourth-order valence-corrected chi connectivity index (χ4v) is 2.36. The summed E-state index contributed by atoms with van der Waals surface area (Å²) in [7, 11) is 0. The van der Waals surface area contributed by atoms with Crippen molar-refractivity contribution in [3.05, 3.63) is 17.7 Å². The number of nitrogens with one attached hydrogen (secondary N) is 1. The second-order valence-corrected chi connectivity index (χ2v) is 4.85. The molecule has 0 unspecified atom stereocenters. The largest absolute Gasteiger partial charge is 0.383 e. The molecule has 1 saturated carbocycles. The number of nitrogens with zero attached hydrogens (tertiary/aromatic N) is 4. The van der Waals surface area contributed by atoms with Crippen LogP contribution in [0.2, 0.25) is 0 Å². The molecule has 0 radical (unpaired) electrons. The van der Waals surface area contributed by atoms with Crippen LogP contribution in [0.1, 0.15) is 30.1 Å². The molecule has 0 bridgehead atoms. The molecule has 0 saturated heterocycles. The van der Waals surface area contributed by atoms with E-state index in [2.05, 4.69) is 25.3 Å². The minimum absolute atomic E-state index is 0.393. The number of aromatic nitrogens is 5. The van der Waals surface area contributed by atoms with Crippen LogP contribution < -0.4 is 5.73 Å². The van der Waals surface area contributed by atoms with Crippen LogP contribution in [-0.2, 0) is 0 Å². The van der Waals surface area contributed by atoms with Crippen LogP contribution in [0.5, 0.6) is 0 Å². The van der Waals surface area contributed by atoms with Gasteiger partial charge in [-0.3, -0.25) is 5.10 Å². The van der Waals surface area contributed by atoms with E-state index < -0.39 is 0 Å². The number of nitrogens with two attached hydrogens (primary N) is 1. The van der Waals surface area contributed by atoms with Crippen LogP contribution in [-0.4, -0.2) is 25.3 Å². The molecule has 3 heterocycles. The number of nitrogen functional groups attached to an aromatic ring is 1.